The summed E-state index contributed by atoms with van der Waals surface area (Å²) in [6.07, 6.45) is 12.7. The average Bonchev–Trinajstić information content (AvgIpc) is 2.96. The number of rotatable bonds is 2. The van der Waals surface area contributed by atoms with E-state index >= 15 is 0 Å². The number of fused-ring (bicyclic) bond motifs is 1. The Morgan fingerprint density at radius 2 is 1.50 bits per heavy atom. The van der Waals surface area contributed by atoms with Gasteiger partial charge in [0.1, 0.15) is 0 Å². The second-order valence-corrected chi connectivity index (χ2v) is 10.5. The summed E-state index contributed by atoms with van der Waals surface area (Å²) < 4.78 is 12.4. The van der Waals surface area contributed by atoms with Crippen LogP contribution in [0.2, 0.25) is 5.02 Å². The maximum Gasteiger partial charge on any atom is 0.253 e. The molecule has 5 saturated carbocycles. The summed E-state index contributed by atoms with van der Waals surface area (Å²) in [6.45, 7) is 0. The smallest absolute Gasteiger partial charge is 0.253 e. The summed E-state index contributed by atoms with van der Waals surface area (Å²) in [5, 5.41) is 3.88. The van der Waals surface area contributed by atoms with E-state index in [0.29, 0.717) is 22.1 Å². The van der Waals surface area contributed by atoms with Gasteiger partial charge < -0.3 is 14.8 Å². The molecule has 1 heterocycles. The van der Waals surface area contributed by atoms with Gasteiger partial charge >= 0.3 is 0 Å². The van der Waals surface area contributed by atoms with Crippen molar-refractivity contribution in [3.63, 3.8) is 0 Å². The van der Waals surface area contributed by atoms with Crippen molar-refractivity contribution in [3.05, 3.63) is 22.7 Å². The molecule has 1 amide bonds. The lowest BCUT2D eigenvalue weighted by molar-refractivity contribution is -0.105. The number of carbonyl (C=O) groups excluding carboxylic acids is 1. The number of halogens is 1. The highest BCUT2D eigenvalue weighted by Gasteiger charge is 2.52. The van der Waals surface area contributed by atoms with Crippen LogP contribution in [0.4, 0.5) is 0 Å². The predicted molar refractivity (Wildman–Crippen MR) is 107 cm³/mol. The molecule has 0 atom stereocenters. The number of amides is 1. The Morgan fingerprint density at radius 1 is 0.929 bits per heavy atom. The van der Waals surface area contributed by atoms with E-state index in [1.807, 2.05) is 0 Å². The van der Waals surface area contributed by atoms with Crippen molar-refractivity contribution in [2.45, 2.75) is 82.0 Å². The van der Waals surface area contributed by atoms with Crippen molar-refractivity contribution < 1.29 is 14.3 Å². The molecule has 6 aliphatic rings. The third kappa shape index (κ3) is 2.74. The summed E-state index contributed by atoms with van der Waals surface area (Å²) in [6, 6.07) is 3.58. The largest absolute Gasteiger partial charge is 0.448 e. The zero-order chi connectivity index (χ0) is 18.9. The van der Waals surface area contributed by atoms with Crippen molar-refractivity contribution in [1.29, 1.82) is 0 Å². The second-order valence-electron chi connectivity index (χ2n) is 10.1. The van der Waals surface area contributed by atoms with Crippen LogP contribution >= 0.6 is 11.6 Å². The lowest BCUT2D eigenvalue weighted by Gasteiger charge is -2.56. The molecule has 1 N–H and O–H groups in total. The van der Waals surface area contributed by atoms with E-state index in [1.165, 1.54) is 25.7 Å². The minimum absolute atomic E-state index is 0.0177. The van der Waals surface area contributed by atoms with Crippen molar-refractivity contribution in [1.82, 2.24) is 5.32 Å². The predicted octanol–water partition coefficient (Wildman–Crippen LogP) is 5.47. The first-order chi connectivity index (χ1) is 13.5. The Kier molecular flexibility index (Phi) is 3.76. The van der Waals surface area contributed by atoms with Crippen LogP contribution in [0.5, 0.6) is 11.5 Å². The van der Waals surface area contributed by atoms with Crippen molar-refractivity contribution >= 4 is 17.5 Å². The summed E-state index contributed by atoms with van der Waals surface area (Å²) in [5.74, 6) is 3.14. The molecule has 1 aromatic rings. The molecule has 1 aromatic carbocycles. The van der Waals surface area contributed by atoms with Crippen molar-refractivity contribution in [2.24, 2.45) is 17.8 Å². The van der Waals surface area contributed by atoms with E-state index in [-0.39, 0.29) is 11.4 Å². The van der Waals surface area contributed by atoms with Gasteiger partial charge in [0.15, 0.2) is 11.5 Å². The van der Waals surface area contributed by atoms with Crippen LogP contribution < -0.4 is 14.8 Å². The fourth-order valence-corrected chi connectivity index (χ4v) is 7.40. The van der Waals surface area contributed by atoms with Crippen LogP contribution in [-0.2, 0) is 0 Å². The number of hydrogen-bond donors (Lipinski definition) is 1. The quantitative estimate of drug-likeness (QED) is 0.714. The summed E-state index contributed by atoms with van der Waals surface area (Å²) >= 11 is 6.52. The van der Waals surface area contributed by atoms with Gasteiger partial charge in [-0.1, -0.05) is 18.0 Å². The van der Waals surface area contributed by atoms with E-state index < -0.39 is 5.79 Å². The highest BCUT2D eigenvalue weighted by Crippen LogP contribution is 2.56. The molecule has 1 aliphatic heterocycles. The molecular weight excluding hydrogens is 374 g/mol. The molecule has 5 heteroatoms. The van der Waals surface area contributed by atoms with E-state index in [4.69, 9.17) is 21.1 Å². The molecule has 0 radical (unpaired) electrons. The normalized spacial score (nSPS) is 36.7. The van der Waals surface area contributed by atoms with E-state index in [0.717, 1.165) is 62.7 Å². The van der Waals surface area contributed by atoms with Crippen LogP contribution in [0.15, 0.2) is 12.1 Å². The third-order valence-corrected chi connectivity index (χ3v) is 8.21. The SMILES string of the molecule is O=C(NC12CC3CC(CC(C3)C1)C2)c1cc2c(cc1Cl)OC1(CCCCC1)O2. The summed E-state index contributed by atoms with van der Waals surface area (Å²) in [7, 11) is 0. The number of hydrogen-bond acceptors (Lipinski definition) is 3. The standard InChI is InChI=1S/C23H28ClNO3/c24-18-10-20-19(27-23(28-20)4-2-1-3-5-23)9-17(18)21(26)25-22-11-14-6-15(12-22)8-16(7-14)13-22/h9-10,14-16H,1-8,11-13H2,(H,25,26). The van der Waals surface area contributed by atoms with E-state index in [9.17, 15) is 4.79 Å². The highest BCUT2D eigenvalue weighted by molar-refractivity contribution is 6.34. The van der Waals surface area contributed by atoms with Gasteiger partial charge in [0, 0.05) is 24.4 Å². The Bertz CT molecular complexity index is 794. The van der Waals surface area contributed by atoms with Crippen LogP contribution in [0.3, 0.4) is 0 Å². The fraction of sp³-hybridized carbons (Fsp3) is 0.696. The Balaban J connectivity index is 1.25. The molecule has 5 fully saturated rings. The molecule has 150 valence electrons. The lowest BCUT2D eigenvalue weighted by atomic mass is 9.53. The molecule has 5 aliphatic carbocycles. The topological polar surface area (TPSA) is 47.6 Å². The van der Waals surface area contributed by atoms with E-state index in [1.54, 1.807) is 12.1 Å². The number of ether oxygens (including phenoxy) is 2. The van der Waals surface area contributed by atoms with Crippen LogP contribution in [0, 0.1) is 17.8 Å². The summed E-state index contributed by atoms with van der Waals surface area (Å²) in [5.41, 5.74) is 0.503. The molecule has 4 nitrogen and oxygen atoms in total. The van der Waals surface area contributed by atoms with Gasteiger partial charge in [-0.25, -0.2) is 0 Å². The zero-order valence-electron chi connectivity index (χ0n) is 16.3. The van der Waals surface area contributed by atoms with Crippen LogP contribution in [-0.4, -0.2) is 17.2 Å². The van der Waals surface area contributed by atoms with E-state index in [2.05, 4.69) is 5.32 Å². The maximum atomic E-state index is 13.2. The highest BCUT2D eigenvalue weighted by atomic mass is 35.5. The summed E-state index contributed by atoms with van der Waals surface area (Å²) in [4.78, 5) is 13.2. The monoisotopic (exact) mass is 401 g/mol. The lowest BCUT2D eigenvalue weighted by Crippen LogP contribution is -2.59. The number of carbonyl (C=O) groups is 1. The molecule has 4 bridgehead atoms. The van der Waals surface area contributed by atoms with Crippen molar-refractivity contribution in [3.8, 4) is 11.5 Å². The van der Waals surface area contributed by atoms with Gasteiger partial charge in [-0.2, -0.15) is 0 Å². The van der Waals surface area contributed by atoms with Crippen molar-refractivity contribution in [2.75, 3.05) is 0 Å². The first-order valence-corrected chi connectivity index (χ1v) is 11.4. The molecule has 7 rings (SSSR count). The van der Waals surface area contributed by atoms with Gasteiger partial charge in [0.25, 0.3) is 11.7 Å². The zero-order valence-corrected chi connectivity index (χ0v) is 17.0. The Labute approximate surface area is 171 Å². The number of nitrogens with one attached hydrogen (secondary N) is 1. The molecular formula is C23H28ClNO3. The first-order valence-electron chi connectivity index (χ1n) is 11.1. The first kappa shape index (κ1) is 17.4. The average molecular weight is 402 g/mol. The van der Waals surface area contributed by atoms with Crippen LogP contribution in [0.1, 0.15) is 81.0 Å². The van der Waals surface area contributed by atoms with Gasteiger partial charge in [-0.3, -0.25) is 4.79 Å². The number of benzene rings is 1. The maximum absolute atomic E-state index is 13.2. The van der Waals surface area contributed by atoms with Gasteiger partial charge in [-0.15, -0.1) is 0 Å². The molecule has 0 aromatic heterocycles. The van der Waals surface area contributed by atoms with Crippen LogP contribution in [0.25, 0.3) is 0 Å². The van der Waals surface area contributed by atoms with Gasteiger partial charge in [-0.05, 0) is 75.2 Å². The molecule has 0 unspecified atom stereocenters. The fourth-order valence-electron chi connectivity index (χ4n) is 7.16. The Hall–Kier alpha value is -1.42. The Morgan fingerprint density at radius 3 is 2.11 bits per heavy atom. The minimum atomic E-state index is -0.543. The molecule has 28 heavy (non-hydrogen) atoms. The van der Waals surface area contributed by atoms with Gasteiger partial charge in [0.05, 0.1) is 10.6 Å². The molecule has 0 saturated heterocycles. The van der Waals surface area contributed by atoms with Gasteiger partial charge in [0.2, 0.25) is 0 Å². The minimum Gasteiger partial charge on any atom is -0.448 e. The third-order valence-electron chi connectivity index (χ3n) is 7.90. The second kappa shape index (κ2) is 6.04. The molecule has 1 spiro atoms.